The zero-order chi connectivity index (χ0) is 19.2. The number of hydrogen-bond donors (Lipinski definition) is 2. The molecule has 0 atom stereocenters. The Morgan fingerprint density at radius 1 is 1.00 bits per heavy atom. The number of imide groups is 1. The summed E-state index contributed by atoms with van der Waals surface area (Å²) in [6.45, 7) is 6.81. The lowest BCUT2D eigenvalue weighted by molar-refractivity contribution is 0.0895. The number of amides is 3. The van der Waals surface area contributed by atoms with Gasteiger partial charge in [-0.2, -0.15) is 0 Å². The number of nitrogens with one attached hydrogen (secondary N) is 1. The zero-order valence-corrected chi connectivity index (χ0v) is 16.4. The number of hydrogen-bond acceptors (Lipinski definition) is 3. The van der Waals surface area contributed by atoms with E-state index in [9.17, 15) is 9.59 Å². The van der Waals surface area contributed by atoms with Crippen molar-refractivity contribution in [1.29, 1.82) is 0 Å². The van der Waals surface area contributed by atoms with Crippen LogP contribution in [0.2, 0.25) is 0 Å². The lowest BCUT2D eigenvalue weighted by Gasteiger charge is -2.20. The summed E-state index contributed by atoms with van der Waals surface area (Å²) in [5, 5.41) is 2.73. The number of carbonyl (C=O) groups is 2. The fraction of sp³-hybridized carbons (Fsp3) is 0.333. The first kappa shape index (κ1) is 20.0. The number of carbonyl (C=O) groups excluding carboxylic acids is 2. The third-order valence-corrected chi connectivity index (χ3v) is 4.51. The van der Waals surface area contributed by atoms with Crippen molar-refractivity contribution in [1.82, 2.24) is 9.62 Å². The standard InChI is InChI=1S/C21H26N2O2S/c1-21(2,3)18-13-11-17(12-14-18)19(24)23(26)20(25)22-15-7-10-16-8-5-4-6-9-16/h4-6,8-9,11-14,26H,7,10,15H2,1-3H3,(H,22,25). The quantitative estimate of drug-likeness (QED) is 0.596. The fourth-order valence-corrected chi connectivity index (χ4v) is 2.72. The lowest BCUT2D eigenvalue weighted by atomic mass is 9.87. The van der Waals surface area contributed by atoms with Gasteiger partial charge in [-0.1, -0.05) is 76.1 Å². The Kier molecular flexibility index (Phi) is 6.86. The van der Waals surface area contributed by atoms with E-state index in [-0.39, 0.29) is 5.41 Å². The van der Waals surface area contributed by atoms with Gasteiger partial charge in [0.25, 0.3) is 5.91 Å². The minimum atomic E-state index is -0.508. The third kappa shape index (κ3) is 5.63. The highest BCUT2D eigenvalue weighted by Gasteiger charge is 2.20. The van der Waals surface area contributed by atoms with Crippen LogP contribution in [0.4, 0.5) is 4.79 Å². The summed E-state index contributed by atoms with van der Waals surface area (Å²) < 4.78 is 0.828. The summed E-state index contributed by atoms with van der Waals surface area (Å²) in [5.74, 6) is -0.436. The zero-order valence-electron chi connectivity index (χ0n) is 15.5. The monoisotopic (exact) mass is 370 g/mol. The smallest absolute Gasteiger partial charge is 0.334 e. The average Bonchev–Trinajstić information content (AvgIpc) is 2.64. The molecule has 3 amide bonds. The number of nitrogens with zero attached hydrogens (tertiary/aromatic N) is 1. The third-order valence-electron chi connectivity index (χ3n) is 4.14. The van der Waals surface area contributed by atoms with Gasteiger partial charge in [-0.15, -0.1) is 0 Å². The summed E-state index contributed by atoms with van der Waals surface area (Å²) in [5.41, 5.74) is 2.80. The molecule has 2 aromatic carbocycles. The van der Waals surface area contributed by atoms with Crippen LogP contribution < -0.4 is 5.32 Å². The normalized spacial score (nSPS) is 11.1. The van der Waals surface area contributed by atoms with Gasteiger partial charge >= 0.3 is 6.03 Å². The number of aryl methyl sites for hydroxylation is 1. The molecule has 0 bridgehead atoms. The Morgan fingerprint density at radius 3 is 2.19 bits per heavy atom. The molecule has 2 aromatic rings. The number of rotatable bonds is 5. The highest BCUT2D eigenvalue weighted by atomic mass is 32.1. The molecule has 0 fully saturated rings. The molecule has 2 rings (SSSR count). The Morgan fingerprint density at radius 2 is 1.62 bits per heavy atom. The number of benzene rings is 2. The molecular formula is C21H26N2O2S. The van der Waals surface area contributed by atoms with Crippen molar-refractivity contribution >= 4 is 24.8 Å². The van der Waals surface area contributed by atoms with Crippen molar-refractivity contribution in [2.45, 2.75) is 39.0 Å². The second-order valence-electron chi connectivity index (χ2n) is 7.27. The Balaban J connectivity index is 1.84. The van der Waals surface area contributed by atoms with E-state index < -0.39 is 11.9 Å². The molecule has 0 aliphatic carbocycles. The first-order chi connectivity index (χ1) is 12.3. The van der Waals surface area contributed by atoms with Crippen LogP contribution in [-0.4, -0.2) is 22.8 Å². The van der Waals surface area contributed by atoms with Crippen LogP contribution in [0.3, 0.4) is 0 Å². The topological polar surface area (TPSA) is 49.4 Å². The van der Waals surface area contributed by atoms with Gasteiger partial charge in [-0.3, -0.25) is 4.79 Å². The first-order valence-corrected chi connectivity index (χ1v) is 9.14. The maximum absolute atomic E-state index is 12.4. The van der Waals surface area contributed by atoms with Gasteiger partial charge in [-0.25, -0.2) is 9.10 Å². The van der Waals surface area contributed by atoms with E-state index in [0.29, 0.717) is 12.1 Å². The average molecular weight is 371 g/mol. The maximum atomic E-state index is 12.4. The summed E-state index contributed by atoms with van der Waals surface area (Å²) in [6, 6.07) is 16.8. The Labute approximate surface area is 161 Å². The Hall–Kier alpha value is -2.27. The van der Waals surface area contributed by atoms with Gasteiger partial charge in [0.1, 0.15) is 0 Å². The van der Waals surface area contributed by atoms with Gasteiger partial charge in [0, 0.05) is 12.1 Å². The largest absolute Gasteiger partial charge is 0.337 e. The van der Waals surface area contributed by atoms with Crippen LogP contribution in [-0.2, 0) is 11.8 Å². The SMILES string of the molecule is CC(C)(C)c1ccc(C(=O)N(S)C(=O)NCCCc2ccccc2)cc1. The fourth-order valence-electron chi connectivity index (χ4n) is 2.53. The predicted molar refractivity (Wildman–Crippen MR) is 108 cm³/mol. The minimum Gasteiger partial charge on any atom is -0.337 e. The molecule has 0 saturated carbocycles. The highest BCUT2D eigenvalue weighted by molar-refractivity contribution is 7.79. The van der Waals surface area contributed by atoms with Crippen molar-refractivity contribution in [2.75, 3.05) is 6.54 Å². The molecule has 138 valence electrons. The van der Waals surface area contributed by atoms with Crippen molar-refractivity contribution in [3.63, 3.8) is 0 Å². The lowest BCUT2D eigenvalue weighted by Crippen LogP contribution is -2.38. The van der Waals surface area contributed by atoms with Crippen LogP contribution in [0.15, 0.2) is 54.6 Å². The predicted octanol–water partition coefficient (Wildman–Crippen LogP) is 4.61. The first-order valence-electron chi connectivity index (χ1n) is 8.74. The van der Waals surface area contributed by atoms with Gasteiger partial charge in [0.2, 0.25) is 0 Å². The minimum absolute atomic E-state index is 0.0123. The summed E-state index contributed by atoms with van der Waals surface area (Å²) in [7, 11) is 0. The molecule has 0 spiro atoms. The maximum Gasteiger partial charge on any atom is 0.334 e. The van der Waals surface area contributed by atoms with E-state index in [0.717, 1.165) is 22.7 Å². The molecule has 0 aromatic heterocycles. The molecule has 0 saturated heterocycles. The summed E-state index contributed by atoms with van der Waals surface area (Å²) >= 11 is 4.06. The van der Waals surface area contributed by atoms with Crippen molar-refractivity contribution < 1.29 is 9.59 Å². The van der Waals surface area contributed by atoms with Crippen LogP contribution in [0.25, 0.3) is 0 Å². The molecule has 26 heavy (non-hydrogen) atoms. The molecule has 0 heterocycles. The molecule has 0 aliphatic heterocycles. The number of urea groups is 1. The van der Waals surface area contributed by atoms with E-state index in [4.69, 9.17) is 0 Å². The van der Waals surface area contributed by atoms with E-state index in [1.54, 1.807) is 12.1 Å². The van der Waals surface area contributed by atoms with Crippen molar-refractivity contribution in [2.24, 2.45) is 0 Å². The van der Waals surface area contributed by atoms with Crippen molar-refractivity contribution in [3.8, 4) is 0 Å². The molecule has 1 N–H and O–H groups in total. The van der Waals surface area contributed by atoms with E-state index in [2.05, 4.69) is 51.0 Å². The molecule has 5 heteroatoms. The van der Waals surface area contributed by atoms with Gasteiger partial charge in [0.15, 0.2) is 0 Å². The van der Waals surface area contributed by atoms with Gasteiger partial charge < -0.3 is 5.32 Å². The van der Waals surface area contributed by atoms with Gasteiger partial charge in [-0.05, 0) is 41.5 Å². The number of thiol groups is 1. The summed E-state index contributed by atoms with van der Waals surface area (Å²) in [6.07, 6.45) is 1.67. The van der Waals surface area contributed by atoms with Crippen LogP contribution in [0.1, 0.15) is 48.7 Å². The van der Waals surface area contributed by atoms with E-state index >= 15 is 0 Å². The molecule has 0 radical (unpaired) electrons. The Bertz CT molecular complexity index is 737. The van der Waals surface area contributed by atoms with Crippen LogP contribution >= 0.6 is 12.8 Å². The van der Waals surface area contributed by atoms with Gasteiger partial charge in [0.05, 0.1) is 0 Å². The molecule has 0 aliphatic rings. The molecule has 4 nitrogen and oxygen atoms in total. The summed E-state index contributed by atoms with van der Waals surface area (Å²) in [4.78, 5) is 24.5. The highest BCUT2D eigenvalue weighted by Crippen LogP contribution is 2.22. The molecular weight excluding hydrogens is 344 g/mol. The van der Waals surface area contributed by atoms with Crippen LogP contribution in [0.5, 0.6) is 0 Å². The second-order valence-corrected chi connectivity index (χ2v) is 7.67. The van der Waals surface area contributed by atoms with E-state index in [1.807, 2.05) is 30.3 Å². The van der Waals surface area contributed by atoms with Crippen molar-refractivity contribution in [3.05, 3.63) is 71.3 Å². The van der Waals surface area contributed by atoms with Crippen LogP contribution in [0, 0.1) is 0 Å². The second kappa shape index (κ2) is 8.90. The van der Waals surface area contributed by atoms with E-state index in [1.165, 1.54) is 5.56 Å². The molecule has 0 unspecified atom stereocenters.